The summed E-state index contributed by atoms with van der Waals surface area (Å²) in [5.74, 6) is 4.02. The Morgan fingerprint density at radius 2 is 2.06 bits per heavy atom. The van der Waals surface area contributed by atoms with Crippen molar-refractivity contribution in [2.24, 2.45) is 11.8 Å². The molecule has 2 fully saturated rings. The summed E-state index contributed by atoms with van der Waals surface area (Å²) in [6.07, 6.45) is 3.62. The minimum Gasteiger partial charge on any atom is -0.342 e. The predicted molar refractivity (Wildman–Crippen MR) is 77.9 cm³/mol. The van der Waals surface area contributed by atoms with Gasteiger partial charge in [0, 0.05) is 25.0 Å². The Kier molecular flexibility index (Phi) is 5.37. The molecule has 2 rings (SSSR count). The van der Waals surface area contributed by atoms with Crippen LogP contribution in [0.4, 0.5) is 0 Å². The van der Waals surface area contributed by atoms with Crippen LogP contribution in [0.5, 0.6) is 0 Å². The Labute approximate surface area is 115 Å². The van der Waals surface area contributed by atoms with Gasteiger partial charge < -0.3 is 10.2 Å². The van der Waals surface area contributed by atoms with Crippen LogP contribution >= 0.6 is 11.8 Å². The first-order chi connectivity index (χ1) is 8.66. The molecular weight excluding hydrogens is 244 g/mol. The van der Waals surface area contributed by atoms with E-state index in [0.717, 1.165) is 31.8 Å². The maximum atomic E-state index is 11.9. The van der Waals surface area contributed by atoms with Crippen molar-refractivity contribution in [3.8, 4) is 0 Å². The number of piperidine rings is 1. The number of nitrogens with one attached hydrogen (secondary N) is 1. The van der Waals surface area contributed by atoms with Crippen molar-refractivity contribution < 1.29 is 4.79 Å². The summed E-state index contributed by atoms with van der Waals surface area (Å²) in [5, 5.41) is 3.70. The molecule has 1 atom stereocenters. The summed E-state index contributed by atoms with van der Waals surface area (Å²) in [5.41, 5.74) is 0. The van der Waals surface area contributed by atoms with Crippen LogP contribution in [0.2, 0.25) is 0 Å². The molecule has 0 radical (unpaired) electrons. The molecule has 0 aromatic carbocycles. The molecule has 1 unspecified atom stereocenters. The van der Waals surface area contributed by atoms with Crippen LogP contribution in [0, 0.1) is 11.8 Å². The number of hydrogen-bond acceptors (Lipinski definition) is 3. The number of carbonyl (C=O) groups excluding carboxylic acids is 1. The second-order valence-corrected chi connectivity index (χ2v) is 7.04. The Balaban J connectivity index is 1.65. The summed E-state index contributed by atoms with van der Waals surface area (Å²) >= 11 is 2.08. The summed E-state index contributed by atoms with van der Waals surface area (Å²) in [7, 11) is 0. The fraction of sp³-hybridized carbons (Fsp3) is 0.929. The van der Waals surface area contributed by atoms with Crippen molar-refractivity contribution in [2.45, 2.75) is 39.2 Å². The molecule has 0 aliphatic carbocycles. The van der Waals surface area contributed by atoms with Crippen LogP contribution < -0.4 is 5.32 Å². The van der Waals surface area contributed by atoms with Gasteiger partial charge in [0.05, 0.1) is 0 Å². The van der Waals surface area contributed by atoms with Gasteiger partial charge in [0.1, 0.15) is 0 Å². The Morgan fingerprint density at radius 3 is 2.61 bits per heavy atom. The highest BCUT2D eigenvalue weighted by molar-refractivity contribution is 7.99. The number of carbonyl (C=O) groups is 1. The summed E-state index contributed by atoms with van der Waals surface area (Å²) in [4.78, 5) is 13.9. The summed E-state index contributed by atoms with van der Waals surface area (Å²) in [6, 6.07) is 0.631. The maximum absolute atomic E-state index is 11.9. The van der Waals surface area contributed by atoms with Gasteiger partial charge in [-0.2, -0.15) is 11.8 Å². The molecule has 0 aromatic rings. The van der Waals surface area contributed by atoms with Gasteiger partial charge in [0.2, 0.25) is 5.91 Å². The standard InChI is InChI=1S/C14H26N2OS/c1-11(2)14(17)16-6-3-13(4-7-16)15-9-12-5-8-18-10-12/h11-13,15H,3-10H2,1-2H3. The zero-order valence-electron chi connectivity index (χ0n) is 11.7. The number of nitrogens with zero attached hydrogens (tertiary/aromatic N) is 1. The molecule has 2 saturated heterocycles. The average Bonchev–Trinajstić information content (AvgIpc) is 2.89. The first kappa shape index (κ1) is 14.2. The molecule has 2 heterocycles. The first-order valence-electron chi connectivity index (χ1n) is 7.26. The molecule has 3 nitrogen and oxygen atoms in total. The van der Waals surface area contributed by atoms with E-state index in [2.05, 4.69) is 17.1 Å². The van der Waals surface area contributed by atoms with E-state index in [1.54, 1.807) is 0 Å². The van der Waals surface area contributed by atoms with Crippen molar-refractivity contribution in [1.82, 2.24) is 10.2 Å². The number of likely N-dealkylation sites (tertiary alicyclic amines) is 1. The second-order valence-electron chi connectivity index (χ2n) is 5.89. The second kappa shape index (κ2) is 6.80. The monoisotopic (exact) mass is 270 g/mol. The van der Waals surface area contributed by atoms with Gasteiger partial charge >= 0.3 is 0 Å². The fourth-order valence-electron chi connectivity index (χ4n) is 2.75. The molecule has 0 spiro atoms. The van der Waals surface area contributed by atoms with E-state index in [1.807, 2.05) is 18.7 Å². The molecule has 2 aliphatic heterocycles. The van der Waals surface area contributed by atoms with Crippen LogP contribution in [0.1, 0.15) is 33.1 Å². The fourth-order valence-corrected chi connectivity index (χ4v) is 4.03. The minimum absolute atomic E-state index is 0.144. The zero-order valence-corrected chi connectivity index (χ0v) is 12.5. The predicted octanol–water partition coefficient (Wildman–Crippen LogP) is 1.98. The van der Waals surface area contributed by atoms with Crippen LogP contribution in [0.25, 0.3) is 0 Å². The van der Waals surface area contributed by atoms with E-state index >= 15 is 0 Å². The van der Waals surface area contributed by atoms with Crippen molar-refractivity contribution in [1.29, 1.82) is 0 Å². The van der Waals surface area contributed by atoms with E-state index in [4.69, 9.17) is 0 Å². The lowest BCUT2D eigenvalue weighted by Crippen LogP contribution is -2.47. The van der Waals surface area contributed by atoms with E-state index < -0.39 is 0 Å². The van der Waals surface area contributed by atoms with Crippen LogP contribution in [0.15, 0.2) is 0 Å². The smallest absolute Gasteiger partial charge is 0.225 e. The molecule has 1 N–H and O–H groups in total. The van der Waals surface area contributed by atoms with Crippen molar-refractivity contribution in [3.63, 3.8) is 0 Å². The average molecular weight is 270 g/mol. The quantitative estimate of drug-likeness (QED) is 0.848. The van der Waals surface area contributed by atoms with Crippen molar-refractivity contribution in [3.05, 3.63) is 0 Å². The number of hydrogen-bond donors (Lipinski definition) is 1. The van der Waals surface area contributed by atoms with Gasteiger partial charge in [-0.15, -0.1) is 0 Å². The van der Waals surface area contributed by atoms with Crippen LogP contribution in [0.3, 0.4) is 0 Å². The van der Waals surface area contributed by atoms with Crippen molar-refractivity contribution in [2.75, 3.05) is 31.1 Å². The highest BCUT2D eigenvalue weighted by atomic mass is 32.2. The molecule has 1 amide bonds. The first-order valence-corrected chi connectivity index (χ1v) is 8.42. The molecule has 104 valence electrons. The van der Waals surface area contributed by atoms with E-state index in [9.17, 15) is 4.79 Å². The third-order valence-electron chi connectivity index (χ3n) is 4.02. The third-order valence-corrected chi connectivity index (χ3v) is 5.25. The SMILES string of the molecule is CC(C)C(=O)N1CCC(NCC2CCSC2)CC1. The molecule has 0 saturated carbocycles. The highest BCUT2D eigenvalue weighted by Crippen LogP contribution is 2.23. The number of rotatable bonds is 4. The normalized spacial score (nSPS) is 25.9. The summed E-state index contributed by atoms with van der Waals surface area (Å²) in [6.45, 7) is 7.03. The third kappa shape index (κ3) is 3.89. The topological polar surface area (TPSA) is 32.3 Å². The number of thioether (sulfide) groups is 1. The Bertz CT molecular complexity index is 269. The minimum atomic E-state index is 0.144. The lowest BCUT2D eigenvalue weighted by Gasteiger charge is -2.34. The largest absolute Gasteiger partial charge is 0.342 e. The van der Waals surface area contributed by atoms with Gasteiger partial charge in [-0.3, -0.25) is 4.79 Å². The van der Waals surface area contributed by atoms with Crippen LogP contribution in [-0.4, -0.2) is 48.0 Å². The van der Waals surface area contributed by atoms with E-state index in [-0.39, 0.29) is 5.92 Å². The summed E-state index contributed by atoms with van der Waals surface area (Å²) < 4.78 is 0. The molecule has 0 bridgehead atoms. The molecule has 4 heteroatoms. The lowest BCUT2D eigenvalue weighted by molar-refractivity contribution is -0.135. The Hall–Kier alpha value is -0.220. The lowest BCUT2D eigenvalue weighted by atomic mass is 10.0. The van der Waals surface area contributed by atoms with E-state index in [1.165, 1.54) is 24.5 Å². The maximum Gasteiger partial charge on any atom is 0.225 e. The van der Waals surface area contributed by atoms with Crippen molar-refractivity contribution >= 4 is 17.7 Å². The van der Waals surface area contributed by atoms with Gasteiger partial charge in [0.15, 0.2) is 0 Å². The zero-order chi connectivity index (χ0) is 13.0. The van der Waals surface area contributed by atoms with Crippen LogP contribution in [-0.2, 0) is 4.79 Å². The molecule has 2 aliphatic rings. The van der Waals surface area contributed by atoms with Gasteiger partial charge in [-0.05, 0) is 43.2 Å². The Morgan fingerprint density at radius 1 is 1.33 bits per heavy atom. The van der Waals surface area contributed by atoms with Gasteiger partial charge in [0.25, 0.3) is 0 Å². The number of amides is 1. The molecule has 18 heavy (non-hydrogen) atoms. The van der Waals surface area contributed by atoms with Gasteiger partial charge in [-0.25, -0.2) is 0 Å². The highest BCUT2D eigenvalue weighted by Gasteiger charge is 2.24. The molecular formula is C14H26N2OS. The molecule has 0 aromatic heterocycles. The van der Waals surface area contributed by atoms with E-state index in [0.29, 0.717) is 11.9 Å². The van der Waals surface area contributed by atoms with Gasteiger partial charge in [-0.1, -0.05) is 13.8 Å².